The maximum absolute atomic E-state index is 5.39. The van der Waals surface area contributed by atoms with Crippen molar-refractivity contribution in [2.45, 2.75) is 6.54 Å². The van der Waals surface area contributed by atoms with Crippen molar-refractivity contribution in [3.63, 3.8) is 0 Å². The molecule has 2 N–H and O–H groups in total. The summed E-state index contributed by atoms with van der Waals surface area (Å²) < 4.78 is 7.23. The first-order chi connectivity index (χ1) is 7.19. The Morgan fingerprint density at radius 3 is 2.33 bits per heavy atom. The fourth-order valence-corrected chi connectivity index (χ4v) is 2.42. The molecule has 0 saturated heterocycles. The van der Waals surface area contributed by atoms with E-state index in [1.165, 1.54) is 0 Å². The molecule has 0 saturated carbocycles. The molecule has 0 atom stereocenters. The van der Waals surface area contributed by atoms with Crippen molar-refractivity contribution < 1.29 is 4.42 Å². The van der Waals surface area contributed by atoms with Crippen LogP contribution in [-0.2, 0) is 6.54 Å². The zero-order chi connectivity index (χ0) is 10.8. The molecule has 1 heterocycles. The van der Waals surface area contributed by atoms with Gasteiger partial charge in [0.2, 0.25) is 11.8 Å². The Bertz CT molecular complexity index is 464. The molecule has 6 heteroatoms. The minimum absolute atomic E-state index is 0.252. The van der Waals surface area contributed by atoms with Gasteiger partial charge in [-0.25, -0.2) is 0 Å². The van der Waals surface area contributed by atoms with E-state index < -0.39 is 0 Å². The minimum Gasteiger partial charge on any atom is -0.419 e. The number of benzene rings is 1. The van der Waals surface area contributed by atoms with Gasteiger partial charge in [-0.1, -0.05) is 31.9 Å². The number of nitrogens with two attached hydrogens (primary N) is 1. The van der Waals surface area contributed by atoms with E-state index in [1.807, 2.05) is 18.2 Å². The fraction of sp³-hybridized carbons (Fsp3) is 0.111. The summed E-state index contributed by atoms with van der Waals surface area (Å²) in [6, 6.07) is 5.74. The summed E-state index contributed by atoms with van der Waals surface area (Å²) in [5.74, 6) is 0.901. The van der Waals surface area contributed by atoms with Crippen LogP contribution in [0.25, 0.3) is 11.5 Å². The van der Waals surface area contributed by atoms with Gasteiger partial charge in [0.05, 0.1) is 6.54 Å². The lowest BCUT2D eigenvalue weighted by Crippen LogP contribution is -1.95. The molecule has 0 aliphatic heterocycles. The first-order valence-electron chi connectivity index (χ1n) is 4.18. The molecule has 0 amide bonds. The molecule has 0 aliphatic rings. The topological polar surface area (TPSA) is 64.9 Å². The van der Waals surface area contributed by atoms with E-state index in [0.29, 0.717) is 11.8 Å². The lowest BCUT2D eigenvalue weighted by Gasteiger charge is -1.97. The standard InChI is InChI=1S/C9H7Br2N3O/c10-6-1-5(2-7(11)3-6)9-14-13-8(4-12)15-9/h1-3H,4,12H2. The van der Waals surface area contributed by atoms with Crippen LogP contribution in [0.2, 0.25) is 0 Å². The SMILES string of the molecule is NCc1nnc(-c2cc(Br)cc(Br)c2)o1. The number of halogens is 2. The Morgan fingerprint density at radius 2 is 1.80 bits per heavy atom. The molecule has 1 aromatic carbocycles. The van der Waals surface area contributed by atoms with Gasteiger partial charge in [0, 0.05) is 14.5 Å². The first-order valence-corrected chi connectivity index (χ1v) is 5.76. The number of aromatic nitrogens is 2. The summed E-state index contributed by atoms with van der Waals surface area (Å²) in [4.78, 5) is 0. The Balaban J connectivity index is 2.44. The summed E-state index contributed by atoms with van der Waals surface area (Å²) in [6.07, 6.45) is 0. The maximum Gasteiger partial charge on any atom is 0.247 e. The van der Waals surface area contributed by atoms with Crippen molar-refractivity contribution >= 4 is 31.9 Å². The number of hydrogen-bond donors (Lipinski definition) is 1. The summed E-state index contributed by atoms with van der Waals surface area (Å²) in [6.45, 7) is 0.252. The second-order valence-corrected chi connectivity index (χ2v) is 4.69. The smallest absolute Gasteiger partial charge is 0.247 e. The van der Waals surface area contributed by atoms with Gasteiger partial charge in [0.1, 0.15) is 0 Å². The molecule has 78 valence electrons. The zero-order valence-corrected chi connectivity index (χ0v) is 10.7. The molecule has 0 unspecified atom stereocenters. The molecule has 4 nitrogen and oxygen atoms in total. The highest BCUT2D eigenvalue weighted by atomic mass is 79.9. The van der Waals surface area contributed by atoms with E-state index in [9.17, 15) is 0 Å². The molecule has 2 aromatic rings. The van der Waals surface area contributed by atoms with Gasteiger partial charge in [-0.15, -0.1) is 10.2 Å². The third kappa shape index (κ3) is 2.45. The Labute approximate surface area is 103 Å². The molecule has 0 bridgehead atoms. The Hall–Kier alpha value is -0.720. The lowest BCUT2D eigenvalue weighted by atomic mass is 10.2. The molecule has 1 aromatic heterocycles. The third-order valence-electron chi connectivity index (χ3n) is 1.75. The molecule has 0 radical (unpaired) electrons. The highest BCUT2D eigenvalue weighted by Gasteiger charge is 2.08. The predicted molar refractivity (Wildman–Crippen MR) is 63.0 cm³/mol. The van der Waals surface area contributed by atoms with Crippen molar-refractivity contribution in [3.05, 3.63) is 33.0 Å². The number of hydrogen-bond acceptors (Lipinski definition) is 4. The maximum atomic E-state index is 5.39. The van der Waals surface area contributed by atoms with Crippen LogP contribution in [0.15, 0.2) is 31.6 Å². The van der Waals surface area contributed by atoms with Crippen molar-refractivity contribution in [1.29, 1.82) is 0 Å². The highest BCUT2D eigenvalue weighted by molar-refractivity contribution is 9.11. The normalized spacial score (nSPS) is 10.6. The summed E-state index contributed by atoms with van der Waals surface area (Å²) >= 11 is 6.78. The zero-order valence-electron chi connectivity index (χ0n) is 7.58. The molecule has 0 aliphatic carbocycles. The number of nitrogens with zero attached hydrogens (tertiary/aromatic N) is 2. The van der Waals surface area contributed by atoms with Crippen molar-refractivity contribution in [2.24, 2.45) is 5.73 Å². The molecule has 0 fully saturated rings. The van der Waals surface area contributed by atoms with Gasteiger partial charge in [-0.05, 0) is 18.2 Å². The highest BCUT2D eigenvalue weighted by Crippen LogP contribution is 2.26. The Morgan fingerprint density at radius 1 is 1.13 bits per heavy atom. The lowest BCUT2D eigenvalue weighted by molar-refractivity contribution is 0.508. The second kappa shape index (κ2) is 4.42. The van der Waals surface area contributed by atoms with Crippen LogP contribution in [-0.4, -0.2) is 10.2 Å². The van der Waals surface area contributed by atoms with Crippen molar-refractivity contribution in [2.75, 3.05) is 0 Å². The van der Waals surface area contributed by atoms with Crippen LogP contribution >= 0.6 is 31.9 Å². The van der Waals surface area contributed by atoms with Crippen molar-refractivity contribution in [1.82, 2.24) is 10.2 Å². The average molecular weight is 333 g/mol. The van der Waals surface area contributed by atoms with Gasteiger partial charge in [0.15, 0.2) is 0 Å². The van der Waals surface area contributed by atoms with Gasteiger partial charge in [0.25, 0.3) is 0 Å². The van der Waals surface area contributed by atoms with Gasteiger partial charge in [-0.2, -0.15) is 0 Å². The average Bonchev–Trinajstić information content (AvgIpc) is 2.64. The molecular weight excluding hydrogens is 326 g/mol. The number of rotatable bonds is 2. The van der Waals surface area contributed by atoms with E-state index in [4.69, 9.17) is 10.2 Å². The van der Waals surface area contributed by atoms with Gasteiger partial charge < -0.3 is 10.2 Å². The largest absolute Gasteiger partial charge is 0.419 e. The first kappa shape index (κ1) is 10.8. The predicted octanol–water partition coefficient (Wildman–Crippen LogP) is 2.72. The van der Waals surface area contributed by atoms with Crippen LogP contribution in [0.5, 0.6) is 0 Å². The van der Waals surface area contributed by atoms with Crippen LogP contribution in [0.3, 0.4) is 0 Å². The van der Waals surface area contributed by atoms with Crippen molar-refractivity contribution in [3.8, 4) is 11.5 Å². The van der Waals surface area contributed by atoms with Gasteiger partial charge >= 0.3 is 0 Å². The summed E-state index contributed by atoms with van der Waals surface area (Å²) in [5, 5.41) is 7.70. The quantitative estimate of drug-likeness (QED) is 0.918. The molecular formula is C9H7Br2N3O. The fourth-order valence-electron chi connectivity index (χ4n) is 1.13. The summed E-state index contributed by atoms with van der Waals surface area (Å²) in [7, 11) is 0. The summed E-state index contributed by atoms with van der Waals surface area (Å²) in [5.41, 5.74) is 6.24. The van der Waals surface area contributed by atoms with E-state index in [1.54, 1.807) is 0 Å². The molecule has 0 spiro atoms. The Kier molecular flexibility index (Phi) is 3.18. The molecule has 15 heavy (non-hydrogen) atoms. The van der Waals surface area contributed by atoms with E-state index in [0.717, 1.165) is 14.5 Å². The third-order valence-corrected chi connectivity index (χ3v) is 2.67. The van der Waals surface area contributed by atoms with Crippen LogP contribution in [0, 0.1) is 0 Å². The van der Waals surface area contributed by atoms with E-state index >= 15 is 0 Å². The second-order valence-electron chi connectivity index (χ2n) is 2.86. The monoisotopic (exact) mass is 331 g/mol. The minimum atomic E-state index is 0.252. The molecule has 2 rings (SSSR count). The van der Waals surface area contributed by atoms with E-state index in [-0.39, 0.29) is 6.54 Å². The van der Waals surface area contributed by atoms with E-state index in [2.05, 4.69) is 42.1 Å². The van der Waals surface area contributed by atoms with Crippen LogP contribution < -0.4 is 5.73 Å². The van der Waals surface area contributed by atoms with Gasteiger partial charge in [-0.3, -0.25) is 0 Å². The van der Waals surface area contributed by atoms with Crippen LogP contribution in [0.4, 0.5) is 0 Å². The van der Waals surface area contributed by atoms with Crippen LogP contribution in [0.1, 0.15) is 5.89 Å².